The van der Waals surface area contributed by atoms with Crippen LogP contribution in [0.2, 0.25) is 0 Å². The van der Waals surface area contributed by atoms with E-state index in [4.69, 9.17) is 10.5 Å². The van der Waals surface area contributed by atoms with E-state index in [-0.39, 0.29) is 0 Å². The standard InChI is InChI=1S/C12H13BrN2OS2/c1-7-11(18-12(14)15-7)17-6-8-5-9(13)3-4-10(8)16-2/h3-5H,6H2,1-2H3,(H2,14,15). The number of thiazole rings is 1. The predicted octanol–water partition coefficient (Wildman–Crippen LogP) is 4.10. The number of ether oxygens (including phenoxy) is 1. The molecule has 0 fully saturated rings. The van der Waals surface area contributed by atoms with Gasteiger partial charge in [0.2, 0.25) is 0 Å². The van der Waals surface area contributed by atoms with Crippen LogP contribution in [0.15, 0.2) is 26.9 Å². The van der Waals surface area contributed by atoms with E-state index in [0.717, 1.165) is 31.4 Å². The van der Waals surface area contributed by atoms with E-state index < -0.39 is 0 Å². The summed E-state index contributed by atoms with van der Waals surface area (Å²) < 4.78 is 7.57. The van der Waals surface area contributed by atoms with Gasteiger partial charge in [-0.15, -0.1) is 11.8 Å². The van der Waals surface area contributed by atoms with E-state index in [1.807, 2.05) is 19.1 Å². The number of aryl methyl sites for hydroxylation is 1. The molecule has 1 heterocycles. The van der Waals surface area contributed by atoms with Crippen LogP contribution in [0.5, 0.6) is 5.75 Å². The number of nitrogens with zero attached hydrogens (tertiary/aromatic N) is 1. The van der Waals surface area contributed by atoms with Gasteiger partial charge in [0.15, 0.2) is 5.13 Å². The Bertz CT molecular complexity index is 557. The fourth-order valence-electron chi connectivity index (χ4n) is 1.54. The molecule has 3 nitrogen and oxygen atoms in total. The van der Waals surface area contributed by atoms with Crippen molar-refractivity contribution in [3.05, 3.63) is 33.9 Å². The average Bonchev–Trinajstić information content (AvgIpc) is 2.65. The topological polar surface area (TPSA) is 48.1 Å². The molecule has 2 rings (SSSR count). The maximum absolute atomic E-state index is 5.69. The molecule has 0 saturated heterocycles. The highest BCUT2D eigenvalue weighted by molar-refractivity contribution is 9.10. The molecule has 96 valence electrons. The monoisotopic (exact) mass is 344 g/mol. The van der Waals surface area contributed by atoms with Crippen LogP contribution < -0.4 is 10.5 Å². The SMILES string of the molecule is COc1ccc(Br)cc1CSc1sc(N)nc1C. The van der Waals surface area contributed by atoms with Crippen LogP contribution in [0, 0.1) is 6.92 Å². The Morgan fingerprint density at radius 3 is 2.89 bits per heavy atom. The molecule has 0 radical (unpaired) electrons. The summed E-state index contributed by atoms with van der Waals surface area (Å²) in [5, 5.41) is 0.621. The molecule has 0 atom stereocenters. The average molecular weight is 345 g/mol. The van der Waals surface area contributed by atoms with Crippen molar-refractivity contribution in [2.24, 2.45) is 0 Å². The lowest BCUT2D eigenvalue weighted by Gasteiger charge is -2.08. The first kappa shape index (κ1) is 13.7. The van der Waals surface area contributed by atoms with Gasteiger partial charge in [-0.2, -0.15) is 0 Å². The van der Waals surface area contributed by atoms with Crippen LogP contribution in [0.3, 0.4) is 0 Å². The van der Waals surface area contributed by atoms with Crippen molar-refractivity contribution >= 4 is 44.2 Å². The highest BCUT2D eigenvalue weighted by Gasteiger charge is 2.09. The van der Waals surface area contributed by atoms with Crippen LogP contribution in [0.4, 0.5) is 5.13 Å². The molecule has 0 amide bonds. The quantitative estimate of drug-likeness (QED) is 0.848. The number of nitrogen functional groups attached to an aromatic ring is 1. The number of aromatic nitrogens is 1. The van der Waals surface area contributed by atoms with Gasteiger partial charge in [-0.25, -0.2) is 4.98 Å². The second kappa shape index (κ2) is 5.95. The number of hydrogen-bond acceptors (Lipinski definition) is 5. The zero-order valence-corrected chi connectivity index (χ0v) is 13.3. The largest absolute Gasteiger partial charge is 0.496 e. The second-order valence-corrected chi connectivity index (χ2v) is 6.86. The third-order valence-corrected chi connectivity index (χ3v) is 5.26. The fourth-order valence-corrected chi connectivity index (χ4v) is 3.95. The van der Waals surface area contributed by atoms with Gasteiger partial charge < -0.3 is 10.5 Å². The highest BCUT2D eigenvalue weighted by Crippen LogP contribution is 2.35. The van der Waals surface area contributed by atoms with Crippen LogP contribution in [0.1, 0.15) is 11.3 Å². The van der Waals surface area contributed by atoms with Gasteiger partial charge in [0.25, 0.3) is 0 Å². The molecule has 1 aromatic carbocycles. The van der Waals surface area contributed by atoms with Crippen molar-refractivity contribution in [1.82, 2.24) is 4.98 Å². The minimum absolute atomic E-state index is 0.621. The molecule has 1 aromatic heterocycles. The maximum Gasteiger partial charge on any atom is 0.181 e. The van der Waals surface area contributed by atoms with Crippen molar-refractivity contribution in [3.63, 3.8) is 0 Å². The number of halogens is 1. The Balaban J connectivity index is 2.14. The smallest absolute Gasteiger partial charge is 0.181 e. The van der Waals surface area contributed by atoms with Crippen LogP contribution in [0.25, 0.3) is 0 Å². The molecule has 0 aliphatic rings. The summed E-state index contributed by atoms with van der Waals surface area (Å²) in [6, 6.07) is 6.02. The number of benzene rings is 1. The Labute approximate surface area is 123 Å². The molecule has 0 bridgehead atoms. The summed E-state index contributed by atoms with van der Waals surface area (Å²) >= 11 is 6.74. The molecular weight excluding hydrogens is 332 g/mol. The Kier molecular flexibility index (Phi) is 4.53. The molecule has 0 saturated carbocycles. The molecule has 0 unspecified atom stereocenters. The molecule has 0 spiro atoms. The van der Waals surface area contributed by atoms with Crippen LogP contribution in [-0.2, 0) is 5.75 Å². The zero-order chi connectivity index (χ0) is 13.1. The molecular formula is C12H13BrN2OS2. The molecule has 0 aliphatic carbocycles. The highest BCUT2D eigenvalue weighted by atomic mass is 79.9. The predicted molar refractivity (Wildman–Crippen MR) is 81.5 cm³/mol. The number of methoxy groups -OCH3 is 1. The lowest BCUT2D eigenvalue weighted by molar-refractivity contribution is 0.411. The molecule has 0 aliphatic heterocycles. The van der Waals surface area contributed by atoms with Crippen molar-refractivity contribution in [3.8, 4) is 5.75 Å². The Morgan fingerprint density at radius 1 is 1.50 bits per heavy atom. The number of rotatable bonds is 4. The van der Waals surface area contributed by atoms with E-state index in [1.165, 1.54) is 11.3 Å². The van der Waals surface area contributed by atoms with Crippen molar-refractivity contribution < 1.29 is 4.74 Å². The van der Waals surface area contributed by atoms with Crippen molar-refractivity contribution in [1.29, 1.82) is 0 Å². The number of thioether (sulfide) groups is 1. The van der Waals surface area contributed by atoms with Gasteiger partial charge in [0.1, 0.15) is 5.75 Å². The van der Waals surface area contributed by atoms with Crippen molar-refractivity contribution in [2.75, 3.05) is 12.8 Å². The van der Waals surface area contributed by atoms with Gasteiger partial charge in [-0.1, -0.05) is 27.3 Å². The zero-order valence-electron chi connectivity index (χ0n) is 10.1. The van der Waals surface area contributed by atoms with Crippen molar-refractivity contribution in [2.45, 2.75) is 16.9 Å². The number of hydrogen-bond donors (Lipinski definition) is 1. The summed E-state index contributed by atoms with van der Waals surface area (Å²) in [7, 11) is 1.69. The third-order valence-electron chi connectivity index (χ3n) is 2.37. The van der Waals surface area contributed by atoms with Gasteiger partial charge in [0, 0.05) is 15.8 Å². The van der Waals surface area contributed by atoms with Crippen LogP contribution in [-0.4, -0.2) is 12.1 Å². The number of nitrogens with two attached hydrogens (primary N) is 1. The van der Waals surface area contributed by atoms with Gasteiger partial charge in [-0.3, -0.25) is 0 Å². The lowest BCUT2D eigenvalue weighted by atomic mass is 10.2. The summed E-state index contributed by atoms with van der Waals surface area (Å²) in [6.07, 6.45) is 0. The molecule has 2 aromatic rings. The van der Waals surface area contributed by atoms with E-state index in [2.05, 4.69) is 27.0 Å². The van der Waals surface area contributed by atoms with Gasteiger partial charge >= 0.3 is 0 Å². The molecule has 6 heteroatoms. The maximum atomic E-state index is 5.69. The summed E-state index contributed by atoms with van der Waals surface area (Å²) in [5.74, 6) is 1.74. The van der Waals surface area contributed by atoms with Crippen LogP contribution >= 0.6 is 39.0 Å². The Morgan fingerprint density at radius 2 is 2.28 bits per heavy atom. The normalized spacial score (nSPS) is 10.6. The minimum atomic E-state index is 0.621. The van der Waals surface area contributed by atoms with E-state index in [1.54, 1.807) is 18.9 Å². The number of anilines is 1. The molecule has 2 N–H and O–H groups in total. The fraction of sp³-hybridized carbons (Fsp3) is 0.250. The van der Waals surface area contributed by atoms with Gasteiger partial charge in [-0.05, 0) is 25.1 Å². The second-order valence-electron chi connectivity index (χ2n) is 3.67. The Hall–Kier alpha value is -0.720. The first-order chi connectivity index (χ1) is 8.60. The lowest BCUT2D eigenvalue weighted by Crippen LogP contribution is -1.90. The summed E-state index contributed by atoms with van der Waals surface area (Å²) in [5.41, 5.74) is 7.84. The van der Waals surface area contributed by atoms with E-state index >= 15 is 0 Å². The first-order valence-electron chi connectivity index (χ1n) is 5.28. The first-order valence-corrected chi connectivity index (χ1v) is 7.87. The minimum Gasteiger partial charge on any atom is -0.496 e. The van der Waals surface area contributed by atoms with E-state index in [0.29, 0.717) is 5.13 Å². The van der Waals surface area contributed by atoms with Gasteiger partial charge in [0.05, 0.1) is 17.0 Å². The molecule has 18 heavy (non-hydrogen) atoms. The third kappa shape index (κ3) is 3.18. The summed E-state index contributed by atoms with van der Waals surface area (Å²) in [4.78, 5) is 4.22. The van der Waals surface area contributed by atoms with E-state index in [9.17, 15) is 0 Å². The summed E-state index contributed by atoms with van der Waals surface area (Å²) in [6.45, 7) is 1.98.